The zero-order chi connectivity index (χ0) is 22.8. The van der Waals surface area contributed by atoms with Gasteiger partial charge < -0.3 is 14.6 Å². The quantitative estimate of drug-likeness (QED) is 0.391. The minimum atomic E-state index is -1.84. The summed E-state index contributed by atoms with van der Waals surface area (Å²) < 4.78 is 6.45. The average molecular weight is 449 g/mol. The molecular formula is C27H48O3Si. The molecule has 0 aromatic rings. The van der Waals surface area contributed by atoms with Crippen LogP contribution in [0.15, 0.2) is 11.6 Å². The molecule has 178 valence electrons. The van der Waals surface area contributed by atoms with Crippen molar-refractivity contribution >= 4 is 8.32 Å². The number of aliphatic hydroxyl groups is 2. The van der Waals surface area contributed by atoms with Gasteiger partial charge in [0, 0.05) is 0 Å². The van der Waals surface area contributed by atoms with Crippen molar-refractivity contribution in [2.24, 2.45) is 34.5 Å². The molecular weight excluding hydrogens is 400 g/mol. The summed E-state index contributed by atoms with van der Waals surface area (Å²) in [5, 5.41) is 21.7. The monoisotopic (exact) mass is 448 g/mol. The van der Waals surface area contributed by atoms with Crippen LogP contribution < -0.4 is 0 Å². The van der Waals surface area contributed by atoms with Gasteiger partial charge in [-0.05, 0) is 104 Å². The molecule has 31 heavy (non-hydrogen) atoms. The van der Waals surface area contributed by atoms with E-state index in [0.717, 1.165) is 37.0 Å². The lowest BCUT2D eigenvalue weighted by Gasteiger charge is -2.58. The van der Waals surface area contributed by atoms with E-state index in [2.05, 4.69) is 53.8 Å². The van der Waals surface area contributed by atoms with Crippen LogP contribution in [0.25, 0.3) is 0 Å². The number of aliphatic hydroxyl groups excluding tert-OH is 2. The fourth-order valence-electron chi connectivity index (χ4n) is 8.01. The van der Waals surface area contributed by atoms with E-state index >= 15 is 0 Å². The maximum atomic E-state index is 11.3. The van der Waals surface area contributed by atoms with Gasteiger partial charge in [-0.1, -0.05) is 46.3 Å². The molecule has 0 aromatic carbocycles. The summed E-state index contributed by atoms with van der Waals surface area (Å²) in [5.41, 5.74) is 2.10. The van der Waals surface area contributed by atoms with Gasteiger partial charge in [-0.25, -0.2) is 0 Å². The van der Waals surface area contributed by atoms with Gasteiger partial charge in [0.1, 0.15) is 0 Å². The minimum Gasteiger partial charge on any atom is -0.414 e. The number of rotatable bonds is 4. The summed E-state index contributed by atoms with van der Waals surface area (Å²) in [7, 11) is -1.84. The normalized spacial score (nSPS) is 44.2. The van der Waals surface area contributed by atoms with Crippen molar-refractivity contribution in [3.05, 3.63) is 11.6 Å². The largest absolute Gasteiger partial charge is 0.414 e. The zero-order valence-corrected chi connectivity index (χ0v) is 22.2. The Labute approximate surface area is 192 Å². The lowest BCUT2D eigenvalue weighted by atomic mass is 9.46. The molecule has 0 aromatic heterocycles. The van der Waals surface area contributed by atoms with Crippen LogP contribution in [-0.4, -0.2) is 37.3 Å². The topological polar surface area (TPSA) is 49.7 Å². The van der Waals surface area contributed by atoms with Crippen molar-refractivity contribution < 1.29 is 14.6 Å². The molecule has 4 aliphatic carbocycles. The molecule has 0 saturated heterocycles. The van der Waals surface area contributed by atoms with E-state index in [0.29, 0.717) is 17.9 Å². The molecule has 4 aliphatic rings. The summed E-state index contributed by atoms with van der Waals surface area (Å²) in [6.07, 6.45) is 11.1. The van der Waals surface area contributed by atoms with Gasteiger partial charge in [0.15, 0.2) is 8.32 Å². The van der Waals surface area contributed by atoms with E-state index < -0.39 is 8.32 Å². The predicted molar refractivity (Wildman–Crippen MR) is 130 cm³/mol. The molecule has 2 unspecified atom stereocenters. The molecule has 0 amide bonds. The first-order valence-corrected chi connectivity index (χ1v) is 15.9. The van der Waals surface area contributed by atoms with Gasteiger partial charge >= 0.3 is 0 Å². The Morgan fingerprint density at radius 3 is 2.45 bits per heavy atom. The molecule has 0 radical (unpaired) electrons. The van der Waals surface area contributed by atoms with E-state index in [1.165, 1.54) is 32.1 Å². The minimum absolute atomic E-state index is 0.184. The van der Waals surface area contributed by atoms with Gasteiger partial charge in [-0.3, -0.25) is 0 Å². The van der Waals surface area contributed by atoms with Gasteiger partial charge in [0.2, 0.25) is 0 Å². The highest BCUT2D eigenvalue weighted by Gasteiger charge is 2.60. The Bertz CT molecular complexity index is 710. The van der Waals surface area contributed by atoms with E-state index in [9.17, 15) is 10.2 Å². The molecule has 2 N–H and O–H groups in total. The molecule has 3 nitrogen and oxygen atoms in total. The van der Waals surface area contributed by atoms with Crippen molar-refractivity contribution in [2.75, 3.05) is 6.61 Å². The Hall–Kier alpha value is -0.163. The molecule has 4 rings (SSSR count). The molecule has 4 heteroatoms. The number of allylic oxidation sites excluding steroid dienone is 1. The Kier molecular flexibility index (Phi) is 6.16. The van der Waals surface area contributed by atoms with Gasteiger partial charge in [0.05, 0.1) is 18.8 Å². The van der Waals surface area contributed by atoms with Crippen LogP contribution in [0.5, 0.6) is 0 Å². The third-order valence-corrected chi connectivity index (χ3v) is 15.5. The molecule has 3 fully saturated rings. The van der Waals surface area contributed by atoms with Gasteiger partial charge in [-0.2, -0.15) is 0 Å². The molecule has 0 aliphatic heterocycles. The Balaban J connectivity index is 1.48. The van der Waals surface area contributed by atoms with Crippen LogP contribution in [0.3, 0.4) is 0 Å². The SMILES string of the molecule is CC(C)(C)[Si](C)(C)OCC(O)[C@H]1CC[C@H]2[C@@H]3CCC4=CC(O)CC[C@]4(C)[C@H]3CC[C@]12C. The zero-order valence-electron chi connectivity index (χ0n) is 21.2. The van der Waals surface area contributed by atoms with E-state index in [1.807, 2.05) is 0 Å². The third-order valence-electron chi connectivity index (χ3n) is 11.0. The summed E-state index contributed by atoms with van der Waals surface area (Å²) in [6, 6.07) is 0. The van der Waals surface area contributed by atoms with Crippen LogP contribution in [0.4, 0.5) is 0 Å². The average Bonchev–Trinajstić information content (AvgIpc) is 3.03. The van der Waals surface area contributed by atoms with Crippen molar-refractivity contribution in [1.82, 2.24) is 0 Å². The molecule has 0 heterocycles. The van der Waals surface area contributed by atoms with Gasteiger partial charge in [0.25, 0.3) is 0 Å². The van der Waals surface area contributed by atoms with Crippen LogP contribution in [-0.2, 0) is 4.43 Å². The maximum Gasteiger partial charge on any atom is 0.192 e. The highest BCUT2D eigenvalue weighted by Crippen LogP contribution is 2.67. The number of fused-ring (bicyclic) bond motifs is 5. The second-order valence-electron chi connectivity index (χ2n) is 13.5. The summed E-state index contributed by atoms with van der Waals surface area (Å²) in [4.78, 5) is 0. The van der Waals surface area contributed by atoms with Gasteiger partial charge in [-0.15, -0.1) is 0 Å². The fraction of sp³-hybridized carbons (Fsp3) is 0.926. The summed E-state index contributed by atoms with van der Waals surface area (Å²) in [6.45, 7) is 16.9. The van der Waals surface area contributed by atoms with Crippen LogP contribution in [0.1, 0.15) is 86.0 Å². The fourth-order valence-corrected chi connectivity index (χ4v) is 9.03. The second-order valence-corrected chi connectivity index (χ2v) is 18.3. The van der Waals surface area contributed by atoms with Crippen molar-refractivity contribution in [2.45, 2.75) is 116 Å². The first-order chi connectivity index (χ1) is 14.3. The number of hydrogen-bond donors (Lipinski definition) is 2. The van der Waals surface area contributed by atoms with E-state index in [4.69, 9.17) is 4.43 Å². The third kappa shape index (κ3) is 3.92. The summed E-state index contributed by atoms with van der Waals surface area (Å²) in [5.74, 6) is 2.66. The van der Waals surface area contributed by atoms with Crippen LogP contribution in [0.2, 0.25) is 18.1 Å². The molecule has 8 atom stereocenters. The van der Waals surface area contributed by atoms with Crippen LogP contribution in [0, 0.1) is 34.5 Å². The van der Waals surface area contributed by atoms with Crippen molar-refractivity contribution in [3.63, 3.8) is 0 Å². The Morgan fingerprint density at radius 2 is 1.77 bits per heavy atom. The van der Waals surface area contributed by atoms with E-state index in [-0.39, 0.29) is 22.7 Å². The first-order valence-electron chi connectivity index (χ1n) is 13.0. The molecule has 3 saturated carbocycles. The van der Waals surface area contributed by atoms with Crippen LogP contribution >= 0.6 is 0 Å². The standard InChI is InChI=1S/C27H48O3Si/c1-25(2,3)31(6,7)30-17-24(29)23-11-10-21-20-9-8-18-16-19(28)12-14-26(18,4)22(20)13-15-27(21,23)5/h16,19-24,28-29H,8-15,17H2,1-7H3/t19?,20-,21-,22-,23+,24?,26-,27-/m0/s1. The van der Waals surface area contributed by atoms with Crippen molar-refractivity contribution in [1.29, 1.82) is 0 Å². The number of hydrogen-bond acceptors (Lipinski definition) is 3. The molecule has 0 spiro atoms. The highest BCUT2D eigenvalue weighted by atomic mass is 28.4. The molecule has 0 bridgehead atoms. The predicted octanol–water partition coefficient (Wildman–Crippen LogP) is 6.31. The first kappa shape index (κ1) is 24.0. The smallest absolute Gasteiger partial charge is 0.192 e. The lowest BCUT2D eigenvalue weighted by Crippen LogP contribution is -2.52. The second kappa shape index (κ2) is 7.96. The lowest BCUT2D eigenvalue weighted by molar-refractivity contribution is -0.0813. The van der Waals surface area contributed by atoms with E-state index in [1.54, 1.807) is 5.57 Å². The Morgan fingerprint density at radius 1 is 1.06 bits per heavy atom. The summed E-state index contributed by atoms with van der Waals surface area (Å²) >= 11 is 0. The van der Waals surface area contributed by atoms with Crippen molar-refractivity contribution in [3.8, 4) is 0 Å². The highest BCUT2D eigenvalue weighted by molar-refractivity contribution is 6.74. The maximum absolute atomic E-state index is 11.3.